The second kappa shape index (κ2) is 8.67. The van der Waals surface area contributed by atoms with E-state index in [0.29, 0.717) is 17.0 Å². The molecule has 1 fully saturated rings. The van der Waals surface area contributed by atoms with Crippen molar-refractivity contribution in [3.63, 3.8) is 0 Å². The summed E-state index contributed by atoms with van der Waals surface area (Å²) in [4.78, 5) is 0. The number of benzene rings is 2. The van der Waals surface area contributed by atoms with Gasteiger partial charge in [-0.15, -0.1) is 0 Å². The predicted octanol–water partition coefficient (Wildman–Crippen LogP) is 1.26. The highest BCUT2D eigenvalue weighted by atomic mass is 35.5. The van der Waals surface area contributed by atoms with Crippen molar-refractivity contribution in [1.29, 1.82) is 0 Å². The lowest BCUT2D eigenvalue weighted by Crippen LogP contribution is -2.65. The van der Waals surface area contributed by atoms with E-state index in [0.717, 1.165) is 17.5 Å². The highest BCUT2D eigenvalue weighted by molar-refractivity contribution is 6.31. The van der Waals surface area contributed by atoms with E-state index in [-0.39, 0.29) is 12.2 Å². The van der Waals surface area contributed by atoms with E-state index in [2.05, 4.69) is 19.1 Å². The highest BCUT2D eigenvalue weighted by Gasteiger charge is 2.57. The molecule has 2 aromatic rings. The van der Waals surface area contributed by atoms with Crippen molar-refractivity contribution in [2.45, 2.75) is 62.5 Å². The zero-order valence-corrected chi connectivity index (χ0v) is 17.9. The number of halogens is 1. The van der Waals surface area contributed by atoms with Crippen LogP contribution in [-0.2, 0) is 23.2 Å². The summed E-state index contributed by atoms with van der Waals surface area (Å²) >= 11 is 6.49. The van der Waals surface area contributed by atoms with Crippen molar-refractivity contribution in [3.8, 4) is 5.75 Å². The fourth-order valence-electron chi connectivity index (χ4n) is 4.46. The molecule has 7 nitrogen and oxygen atoms in total. The van der Waals surface area contributed by atoms with Crippen LogP contribution in [0.1, 0.15) is 35.6 Å². The number of hydrogen-bond acceptors (Lipinski definition) is 7. The number of ether oxygens (including phenoxy) is 2. The van der Waals surface area contributed by atoms with Crippen LogP contribution in [0.25, 0.3) is 0 Å². The van der Waals surface area contributed by atoms with Crippen LogP contribution in [0.3, 0.4) is 0 Å². The monoisotopic (exact) mass is 450 g/mol. The molecule has 1 saturated heterocycles. The lowest BCUT2D eigenvalue weighted by molar-refractivity contribution is -0.298. The lowest BCUT2D eigenvalue weighted by atomic mass is 9.75. The first kappa shape index (κ1) is 22.5. The summed E-state index contributed by atoms with van der Waals surface area (Å²) in [6.07, 6.45) is -5.81. The number of rotatable bonds is 4. The van der Waals surface area contributed by atoms with Crippen LogP contribution in [0.15, 0.2) is 36.4 Å². The van der Waals surface area contributed by atoms with Gasteiger partial charge in [-0.25, -0.2) is 0 Å². The standard InChI is InChI=1S/C23H27ClO7/c1-2-12-3-5-13(6-4-12)7-14-8-15-17(9-16(14)24)30-19(26)10-23(15)22(29)21(28)20(27)18(11-25)31-23/h3-6,8-9,18-22,25-29H,2,7,10-11H2,1H3/t18-,19?,20-,21+,22-,23?/m1/s1. The second-order valence-corrected chi connectivity index (χ2v) is 8.62. The van der Waals surface area contributed by atoms with Gasteiger partial charge in [0.05, 0.1) is 6.61 Å². The van der Waals surface area contributed by atoms with Crippen LogP contribution < -0.4 is 4.74 Å². The summed E-state index contributed by atoms with van der Waals surface area (Å²) in [5.41, 5.74) is 1.84. The van der Waals surface area contributed by atoms with Crippen molar-refractivity contribution in [1.82, 2.24) is 0 Å². The Morgan fingerprint density at radius 1 is 1.03 bits per heavy atom. The van der Waals surface area contributed by atoms with E-state index >= 15 is 0 Å². The third-order valence-corrected chi connectivity index (χ3v) is 6.60. The summed E-state index contributed by atoms with van der Waals surface area (Å²) in [5.74, 6) is 0.216. The molecule has 6 atom stereocenters. The third-order valence-electron chi connectivity index (χ3n) is 6.24. The van der Waals surface area contributed by atoms with Gasteiger partial charge in [0.2, 0.25) is 6.29 Å². The minimum atomic E-state index is -1.58. The Balaban J connectivity index is 1.77. The molecule has 0 aromatic heterocycles. The molecule has 2 aliphatic heterocycles. The second-order valence-electron chi connectivity index (χ2n) is 8.22. The Bertz CT molecular complexity index is 932. The molecule has 4 rings (SSSR count). The fourth-order valence-corrected chi connectivity index (χ4v) is 4.68. The quantitative estimate of drug-likeness (QED) is 0.475. The zero-order chi connectivity index (χ0) is 22.3. The number of aliphatic hydroxyl groups excluding tert-OH is 5. The van der Waals surface area contributed by atoms with E-state index < -0.39 is 42.9 Å². The average Bonchev–Trinajstić information content (AvgIpc) is 2.76. The van der Waals surface area contributed by atoms with E-state index in [1.54, 1.807) is 12.1 Å². The molecule has 5 N–H and O–H groups in total. The Morgan fingerprint density at radius 3 is 2.35 bits per heavy atom. The molecule has 0 amide bonds. The SMILES string of the molecule is CCc1ccc(Cc2cc3c(cc2Cl)OC(O)CC32O[C@H](CO)[C@@H](O)[C@H](O)[C@H]2O)cc1. The zero-order valence-electron chi connectivity index (χ0n) is 17.1. The number of hydrogen-bond donors (Lipinski definition) is 5. The number of aliphatic hydroxyl groups is 5. The van der Waals surface area contributed by atoms with E-state index in [9.17, 15) is 25.5 Å². The molecule has 0 saturated carbocycles. The van der Waals surface area contributed by atoms with Gasteiger partial charge >= 0.3 is 0 Å². The van der Waals surface area contributed by atoms with Gasteiger partial charge in [-0.3, -0.25) is 0 Å². The number of fused-ring (bicyclic) bond motifs is 2. The van der Waals surface area contributed by atoms with Gasteiger partial charge in [-0.2, -0.15) is 0 Å². The molecule has 0 radical (unpaired) electrons. The third kappa shape index (κ3) is 3.96. The van der Waals surface area contributed by atoms with Gasteiger partial charge < -0.3 is 35.0 Å². The van der Waals surface area contributed by atoms with Crippen LogP contribution in [0, 0.1) is 0 Å². The normalized spacial score (nSPS) is 32.5. The minimum Gasteiger partial charge on any atom is -0.465 e. The first-order valence-electron chi connectivity index (χ1n) is 10.4. The van der Waals surface area contributed by atoms with Gasteiger partial charge in [0.15, 0.2) is 0 Å². The van der Waals surface area contributed by atoms with Crippen LogP contribution in [-0.4, -0.2) is 62.8 Å². The maximum absolute atomic E-state index is 10.9. The van der Waals surface area contributed by atoms with Crippen molar-refractivity contribution >= 4 is 11.6 Å². The average molecular weight is 451 g/mol. The molecule has 1 spiro atoms. The molecule has 2 heterocycles. The van der Waals surface area contributed by atoms with E-state index in [1.807, 2.05) is 12.1 Å². The summed E-state index contributed by atoms with van der Waals surface area (Å²) in [7, 11) is 0. The molecule has 2 unspecified atom stereocenters. The first-order chi connectivity index (χ1) is 14.8. The Kier molecular flexibility index (Phi) is 6.29. The molecular formula is C23H27ClO7. The predicted molar refractivity (Wildman–Crippen MR) is 113 cm³/mol. The van der Waals surface area contributed by atoms with Crippen molar-refractivity contribution in [2.24, 2.45) is 0 Å². The fraction of sp³-hybridized carbons (Fsp3) is 0.478. The van der Waals surface area contributed by atoms with Crippen LogP contribution in [0.4, 0.5) is 0 Å². The topological polar surface area (TPSA) is 120 Å². The van der Waals surface area contributed by atoms with Crippen LogP contribution in [0.2, 0.25) is 5.02 Å². The lowest BCUT2D eigenvalue weighted by Gasteiger charge is -2.51. The Labute approximate surface area is 185 Å². The molecular weight excluding hydrogens is 424 g/mol. The molecule has 8 heteroatoms. The summed E-state index contributed by atoms with van der Waals surface area (Å²) in [6.45, 7) is 1.52. The van der Waals surface area contributed by atoms with Crippen LogP contribution in [0.5, 0.6) is 5.75 Å². The largest absolute Gasteiger partial charge is 0.465 e. The summed E-state index contributed by atoms with van der Waals surface area (Å²) in [6, 6.07) is 11.5. The smallest absolute Gasteiger partial charge is 0.200 e. The molecule has 0 bridgehead atoms. The first-order valence-corrected chi connectivity index (χ1v) is 10.7. The van der Waals surface area contributed by atoms with E-state index in [4.69, 9.17) is 21.1 Å². The summed E-state index contributed by atoms with van der Waals surface area (Å²) in [5, 5.41) is 51.8. The Hall–Kier alpha value is -1.71. The van der Waals surface area contributed by atoms with Crippen LogP contribution >= 0.6 is 11.6 Å². The van der Waals surface area contributed by atoms with Gasteiger partial charge in [0.1, 0.15) is 35.8 Å². The highest BCUT2D eigenvalue weighted by Crippen LogP contribution is 2.49. The van der Waals surface area contributed by atoms with Crippen molar-refractivity contribution < 1.29 is 35.0 Å². The van der Waals surface area contributed by atoms with E-state index in [1.165, 1.54) is 5.56 Å². The minimum absolute atomic E-state index is 0.187. The molecule has 0 aliphatic carbocycles. The Morgan fingerprint density at radius 2 is 1.71 bits per heavy atom. The molecule has 168 valence electrons. The van der Waals surface area contributed by atoms with Gasteiger partial charge in [0.25, 0.3) is 0 Å². The summed E-state index contributed by atoms with van der Waals surface area (Å²) < 4.78 is 11.5. The maximum atomic E-state index is 10.9. The van der Waals surface area contributed by atoms with Gasteiger partial charge in [0, 0.05) is 17.0 Å². The molecule has 31 heavy (non-hydrogen) atoms. The van der Waals surface area contributed by atoms with Gasteiger partial charge in [-0.1, -0.05) is 42.8 Å². The van der Waals surface area contributed by atoms with Crippen molar-refractivity contribution in [3.05, 3.63) is 63.7 Å². The van der Waals surface area contributed by atoms with Gasteiger partial charge in [-0.05, 0) is 41.7 Å². The van der Waals surface area contributed by atoms with Crippen molar-refractivity contribution in [2.75, 3.05) is 6.61 Å². The number of aryl methyl sites for hydroxylation is 1. The maximum Gasteiger partial charge on any atom is 0.200 e. The molecule has 2 aliphatic rings. The molecule has 2 aromatic carbocycles.